The molecule has 2 rings (SSSR count). The molecule has 1 fully saturated rings. The van der Waals surface area contributed by atoms with Crippen LogP contribution in [0.25, 0.3) is 0 Å². The number of hydrogen-bond donors (Lipinski definition) is 0. The Hall–Kier alpha value is 0.160. The van der Waals surface area contributed by atoms with Gasteiger partial charge < -0.3 is 0 Å². The van der Waals surface area contributed by atoms with E-state index in [4.69, 9.17) is 16.6 Å². The predicted molar refractivity (Wildman–Crippen MR) is 86.0 cm³/mol. The Labute approximate surface area is 132 Å². The quantitative estimate of drug-likeness (QED) is 0.763. The molecule has 106 valence electrons. The van der Waals surface area contributed by atoms with Gasteiger partial charge >= 0.3 is 0 Å². The maximum Gasteiger partial charge on any atom is 0.148 e. The normalized spacial score (nSPS) is 21.1. The van der Waals surface area contributed by atoms with Gasteiger partial charge in [-0.05, 0) is 35.3 Å². The summed E-state index contributed by atoms with van der Waals surface area (Å²) in [5.41, 5.74) is 1.02. The molecule has 19 heavy (non-hydrogen) atoms. The molecular formula is C13H19BrClN3S. The van der Waals surface area contributed by atoms with Crippen LogP contribution in [0.5, 0.6) is 0 Å². The highest BCUT2D eigenvalue weighted by molar-refractivity contribution is 9.10. The average molecular weight is 365 g/mol. The van der Waals surface area contributed by atoms with Crippen LogP contribution in [0.15, 0.2) is 4.47 Å². The van der Waals surface area contributed by atoms with Gasteiger partial charge in [0.05, 0.1) is 16.2 Å². The Morgan fingerprint density at radius 2 is 2.21 bits per heavy atom. The first kappa shape index (κ1) is 15.5. The van der Waals surface area contributed by atoms with E-state index in [0.717, 1.165) is 34.7 Å². The van der Waals surface area contributed by atoms with Crippen LogP contribution in [0.4, 0.5) is 0 Å². The summed E-state index contributed by atoms with van der Waals surface area (Å²) < 4.78 is 0.845. The molecule has 1 unspecified atom stereocenters. The fraction of sp³-hybridized carbons (Fsp3) is 0.692. The van der Waals surface area contributed by atoms with Crippen molar-refractivity contribution >= 4 is 39.3 Å². The van der Waals surface area contributed by atoms with Crippen LogP contribution in [0.1, 0.15) is 31.4 Å². The molecular weight excluding hydrogens is 346 g/mol. The third-order valence-electron chi connectivity index (χ3n) is 3.19. The van der Waals surface area contributed by atoms with Gasteiger partial charge in [0.25, 0.3) is 0 Å². The van der Waals surface area contributed by atoms with Crippen molar-refractivity contribution in [2.45, 2.75) is 26.3 Å². The molecule has 0 N–H and O–H groups in total. The molecule has 1 aliphatic heterocycles. The van der Waals surface area contributed by atoms with E-state index in [9.17, 15) is 0 Å². The molecule has 0 aromatic carbocycles. The van der Waals surface area contributed by atoms with Crippen LogP contribution < -0.4 is 0 Å². The predicted octanol–water partition coefficient (Wildman–Crippen LogP) is 3.81. The lowest BCUT2D eigenvalue weighted by molar-refractivity contribution is 0.264. The van der Waals surface area contributed by atoms with E-state index in [0.29, 0.717) is 11.1 Å². The van der Waals surface area contributed by atoms with E-state index in [-0.39, 0.29) is 6.04 Å². The second-order valence-corrected chi connectivity index (χ2v) is 7.60. The van der Waals surface area contributed by atoms with Gasteiger partial charge in [-0.15, -0.1) is 0 Å². The van der Waals surface area contributed by atoms with Gasteiger partial charge in [0.1, 0.15) is 11.0 Å². The summed E-state index contributed by atoms with van der Waals surface area (Å²) in [5.74, 6) is 3.62. The molecule has 2 heterocycles. The second kappa shape index (κ2) is 6.74. The highest BCUT2D eigenvalue weighted by Gasteiger charge is 2.25. The number of hydrogen-bond acceptors (Lipinski definition) is 4. The van der Waals surface area contributed by atoms with Crippen molar-refractivity contribution in [3.8, 4) is 0 Å². The Morgan fingerprint density at radius 1 is 1.47 bits per heavy atom. The molecule has 1 saturated heterocycles. The Balaban J connectivity index is 2.32. The van der Waals surface area contributed by atoms with E-state index in [1.54, 1.807) is 0 Å². The zero-order valence-electron chi connectivity index (χ0n) is 11.5. The second-order valence-electron chi connectivity index (χ2n) is 5.30. The summed E-state index contributed by atoms with van der Waals surface area (Å²) in [7, 11) is 2.13. The Bertz CT molecular complexity index is 456. The third kappa shape index (κ3) is 3.84. The molecule has 1 atom stereocenters. The van der Waals surface area contributed by atoms with Crippen molar-refractivity contribution < 1.29 is 0 Å². The van der Waals surface area contributed by atoms with Gasteiger partial charge in [0, 0.05) is 18.1 Å². The zero-order valence-corrected chi connectivity index (χ0v) is 14.6. The number of rotatable bonds is 3. The summed E-state index contributed by atoms with van der Waals surface area (Å²) in [4.78, 5) is 11.5. The van der Waals surface area contributed by atoms with E-state index in [1.165, 1.54) is 5.75 Å². The molecule has 0 aliphatic carbocycles. The first-order valence-corrected chi connectivity index (χ1v) is 8.81. The summed E-state index contributed by atoms with van der Waals surface area (Å²) in [6.07, 6.45) is 0.916. The maximum atomic E-state index is 6.25. The average Bonchev–Trinajstić information content (AvgIpc) is 2.35. The topological polar surface area (TPSA) is 29.0 Å². The lowest BCUT2D eigenvalue weighted by Gasteiger charge is -2.31. The highest BCUT2D eigenvalue weighted by Crippen LogP contribution is 2.31. The van der Waals surface area contributed by atoms with Crippen LogP contribution in [0, 0.1) is 5.92 Å². The van der Waals surface area contributed by atoms with Gasteiger partial charge in [-0.2, -0.15) is 11.8 Å². The van der Waals surface area contributed by atoms with E-state index in [2.05, 4.69) is 46.7 Å². The van der Waals surface area contributed by atoms with Crippen LogP contribution in [0.3, 0.4) is 0 Å². The van der Waals surface area contributed by atoms with Crippen molar-refractivity contribution in [2.75, 3.05) is 25.1 Å². The SMILES string of the molecule is CC(C)Cc1nc(C2CSCCN2C)nc(Cl)c1Br. The summed E-state index contributed by atoms with van der Waals surface area (Å²) in [5, 5.41) is 0.532. The van der Waals surface area contributed by atoms with Gasteiger partial charge in [0.15, 0.2) is 0 Å². The van der Waals surface area contributed by atoms with Crippen molar-refractivity contribution in [1.29, 1.82) is 0 Å². The third-order valence-corrected chi connectivity index (χ3v) is 5.55. The van der Waals surface area contributed by atoms with Crippen LogP contribution in [0.2, 0.25) is 5.15 Å². The highest BCUT2D eigenvalue weighted by atomic mass is 79.9. The number of halogens is 2. The van der Waals surface area contributed by atoms with Crippen molar-refractivity contribution in [1.82, 2.24) is 14.9 Å². The molecule has 1 aromatic heterocycles. The first-order valence-electron chi connectivity index (χ1n) is 6.48. The van der Waals surface area contributed by atoms with Crippen LogP contribution in [-0.2, 0) is 6.42 Å². The summed E-state index contributed by atoms with van der Waals surface area (Å²) in [6.45, 7) is 5.45. The maximum absolute atomic E-state index is 6.25. The minimum absolute atomic E-state index is 0.273. The van der Waals surface area contributed by atoms with Crippen LogP contribution in [-0.4, -0.2) is 40.0 Å². The first-order chi connectivity index (χ1) is 8.99. The number of thioether (sulfide) groups is 1. The minimum atomic E-state index is 0.273. The molecule has 1 aliphatic rings. The fourth-order valence-electron chi connectivity index (χ4n) is 2.11. The standard InChI is InChI=1S/C13H19BrClN3S/c1-8(2)6-9-11(14)12(15)17-13(16-9)10-7-19-5-4-18(10)3/h8,10H,4-7H2,1-3H3. The number of nitrogens with zero attached hydrogens (tertiary/aromatic N) is 3. The van der Waals surface area contributed by atoms with E-state index < -0.39 is 0 Å². The van der Waals surface area contributed by atoms with Crippen molar-refractivity contribution in [3.05, 3.63) is 21.1 Å². The van der Waals surface area contributed by atoms with Gasteiger partial charge in [-0.3, -0.25) is 4.90 Å². The zero-order chi connectivity index (χ0) is 14.0. The number of aromatic nitrogens is 2. The van der Waals surface area contributed by atoms with Gasteiger partial charge in [0.2, 0.25) is 0 Å². The van der Waals surface area contributed by atoms with E-state index >= 15 is 0 Å². The summed E-state index contributed by atoms with van der Waals surface area (Å²) >= 11 is 11.7. The summed E-state index contributed by atoms with van der Waals surface area (Å²) in [6, 6.07) is 0.273. The molecule has 0 spiro atoms. The largest absolute Gasteiger partial charge is 0.295 e. The Morgan fingerprint density at radius 3 is 2.84 bits per heavy atom. The van der Waals surface area contributed by atoms with Crippen molar-refractivity contribution in [3.63, 3.8) is 0 Å². The fourth-order valence-corrected chi connectivity index (χ4v) is 3.86. The molecule has 1 aromatic rings. The molecule has 0 saturated carbocycles. The van der Waals surface area contributed by atoms with Crippen molar-refractivity contribution in [2.24, 2.45) is 5.92 Å². The van der Waals surface area contributed by atoms with Gasteiger partial charge in [-0.1, -0.05) is 25.4 Å². The minimum Gasteiger partial charge on any atom is -0.295 e. The molecule has 0 radical (unpaired) electrons. The molecule has 6 heteroatoms. The smallest absolute Gasteiger partial charge is 0.148 e. The molecule has 0 amide bonds. The van der Waals surface area contributed by atoms with Crippen LogP contribution >= 0.6 is 39.3 Å². The lowest BCUT2D eigenvalue weighted by atomic mass is 10.1. The Kier molecular flexibility index (Phi) is 5.52. The van der Waals surface area contributed by atoms with Gasteiger partial charge in [-0.25, -0.2) is 9.97 Å². The van der Waals surface area contributed by atoms with E-state index in [1.807, 2.05) is 11.8 Å². The molecule has 3 nitrogen and oxygen atoms in total. The molecule has 0 bridgehead atoms. The monoisotopic (exact) mass is 363 g/mol. The lowest BCUT2D eigenvalue weighted by Crippen LogP contribution is -2.34.